The molecule has 6 nitrogen and oxygen atoms in total. The lowest BCUT2D eigenvalue weighted by Gasteiger charge is -2.11. The molecule has 0 saturated carbocycles. The average Bonchev–Trinajstić information content (AvgIpc) is 2.61. The third kappa shape index (κ3) is 4.67. The van der Waals surface area contributed by atoms with Gasteiger partial charge in [0.2, 0.25) is 0 Å². The molecule has 0 aromatic heterocycles. The number of methoxy groups -OCH3 is 1. The van der Waals surface area contributed by atoms with Gasteiger partial charge in [0.05, 0.1) is 18.2 Å². The monoisotopic (exact) mass is 341 g/mol. The maximum atomic E-state index is 12.0. The highest BCUT2D eigenvalue weighted by atomic mass is 16.5. The number of nitrogens with one attached hydrogen (secondary N) is 1. The van der Waals surface area contributed by atoms with Crippen LogP contribution in [0, 0.1) is 13.8 Å². The van der Waals surface area contributed by atoms with E-state index in [4.69, 9.17) is 4.74 Å². The Morgan fingerprint density at radius 2 is 1.68 bits per heavy atom. The van der Waals surface area contributed by atoms with Gasteiger partial charge in [0.15, 0.2) is 6.61 Å². The molecule has 0 aliphatic carbocycles. The summed E-state index contributed by atoms with van der Waals surface area (Å²) < 4.78 is 9.69. The molecule has 0 fully saturated rings. The molecule has 6 heteroatoms. The van der Waals surface area contributed by atoms with Crippen molar-refractivity contribution in [2.24, 2.45) is 0 Å². The molecule has 0 radical (unpaired) electrons. The molecule has 1 amide bonds. The van der Waals surface area contributed by atoms with Crippen LogP contribution in [0.15, 0.2) is 42.5 Å². The van der Waals surface area contributed by atoms with Crippen LogP contribution in [-0.2, 0) is 14.3 Å². The van der Waals surface area contributed by atoms with Gasteiger partial charge in [-0.3, -0.25) is 4.79 Å². The molecule has 0 spiro atoms. The molecule has 0 heterocycles. The minimum absolute atomic E-state index is 0.320. The second kappa shape index (κ2) is 8.10. The molecule has 25 heavy (non-hydrogen) atoms. The van der Waals surface area contributed by atoms with Gasteiger partial charge in [0.1, 0.15) is 0 Å². The summed E-state index contributed by atoms with van der Waals surface area (Å²) in [4.78, 5) is 35.6. The number of anilines is 1. The normalized spacial score (nSPS) is 10.0. The third-order valence-corrected chi connectivity index (χ3v) is 3.63. The zero-order valence-electron chi connectivity index (χ0n) is 14.3. The van der Waals surface area contributed by atoms with Crippen LogP contribution in [0.5, 0.6) is 0 Å². The number of aryl methyl sites for hydroxylation is 2. The molecular formula is C19H19NO5. The van der Waals surface area contributed by atoms with Crippen molar-refractivity contribution in [1.29, 1.82) is 0 Å². The van der Waals surface area contributed by atoms with Gasteiger partial charge < -0.3 is 14.8 Å². The van der Waals surface area contributed by atoms with Crippen molar-refractivity contribution in [2.75, 3.05) is 19.0 Å². The maximum absolute atomic E-state index is 12.0. The van der Waals surface area contributed by atoms with Gasteiger partial charge in [-0.15, -0.1) is 0 Å². The van der Waals surface area contributed by atoms with E-state index in [9.17, 15) is 14.4 Å². The van der Waals surface area contributed by atoms with Gasteiger partial charge in [0, 0.05) is 5.69 Å². The van der Waals surface area contributed by atoms with Crippen LogP contribution < -0.4 is 5.32 Å². The first-order valence-electron chi connectivity index (χ1n) is 7.64. The minimum atomic E-state index is -0.562. The topological polar surface area (TPSA) is 81.7 Å². The Balaban J connectivity index is 2.00. The molecule has 0 bridgehead atoms. The molecule has 2 rings (SSSR count). The van der Waals surface area contributed by atoms with E-state index in [0.717, 1.165) is 11.1 Å². The summed E-state index contributed by atoms with van der Waals surface area (Å²) in [6, 6.07) is 11.8. The van der Waals surface area contributed by atoms with Crippen molar-refractivity contribution in [3.63, 3.8) is 0 Å². The second-order valence-electron chi connectivity index (χ2n) is 5.46. The number of carbonyl (C=O) groups excluding carboxylic acids is 3. The van der Waals surface area contributed by atoms with E-state index < -0.39 is 24.5 Å². The molecule has 0 unspecified atom stereocenters. The lowest BCUT2D eigenvalue weighted by atomic mass is 10.1. The van der Waals surface area contributed by atoms with E-state index in [-0.39, 0.29) is 0 Å². The number of rotatable bonds is 5. The Bertz CT molecular complexity index is 813. The number of hydrogen-bond acceptors (Lipinski definition) is 5. The molecule has 130 valence electrons. The van der Waals surface area contributed by atoms with Crippen molar-refractivity contribution < 1.29 is 23.9 Å². The van der Waals surface area contributed by atoms with E-state index in [1.165, 1.54) is 13.2 Å². The smallest absolute Gasteiger partial charge is 0.338 e. The number of benzene rings is 2. The summed E-state index contributed by atoms with van der Waals surface area (Å²) in [6.45, 7) is 3.16. The molecule has 0 saturated heterocycles. The fourth-order valence-corrected chi connectivity index (χ4v) is 2.20. The lowest BCUT2D eigenvalue weighted by molar-refractivity contribution is -0.119. The SMILES string of the molecule is COC(=O)c1ccc(C)c(NC(=O)COC(=O)c2ccccc2C)c1. The van der Waals surface area contributed by atoms with Crippen LogP contribution >= 0.6 is 0 Å². The molecule has 2 aromatic rings. The Morgan fingerprint density at radius 3 is 2.36 bits per heavy atom. The van der Waals surface area contributed by atoms with Gasteiger partial charge in [-0.05, 0) is 43.2 Å². The summed E-state index contributed by atoms with van der Waals surface area (Å²) in [6.07, 6.45) is 0. The van der Waals surface area contributed by atoms with Gasteiger partial charge in [-0.1, -0.05) is 24.3 Å². The first kappa shape index (κ1) is 18.2. The summed E-state index contributed by atoms with van der Waals surface area (Å²) in [5.74, 6) is -1.55. The van der Waals surface area contributed by atoms with E-state index in [1.54, 1.807) is 44.2 Å². The van der Waals surface area contributed by atoms with E-state index >= 15 is 0 Å². The minimum Gasteiger partial charge on any atom is -0.465 e. The molecule has 2 aromatic carbocycles. The predicted molar refractivity (Wildman–Crippen MR) is 92.6 cm³/mol. The highest BCUT2D eigenvalue weighted by molar-refractivity contribution is 5.98. The van der Waals surface area contributed by atoms with E-state index in [2.05, 4.69) is 10.1 Å². The Kier molecular flexibility index (Phi) is 5.89. The van der Waals surface area contributed by atoms with Crippen LogP contribution in [0.4, 0.5) is 5.69 Å². The number of carbonyl (C=O) groups is 3. The maximum Gasteiger partial charge on any atom is 0.338 e. The summed E-state index contributed by atoms with van der Waals surface area (Å²) in [7, 11) is 1.28. The third-order valence-electron chi connectivity index (χ3n) is 3.63. The predicted octanol–water partition coefficient (Wildman–Crippen LogP) is 2.89. The second-order valence-corrected chi connectivity index (χ2v) is 5.46. The van der Waals surface area contributed by atoms with Crippen LogP contribution in [0.25, 0.3) is 0 Å². The zero-order chi connectivity index (χ0) is 18.4. The summed E-state index contributed by atoms with van der Waals surface area (Å²) >= 11 is 0. The largest absolute Gasteiger partial charge is 0.465 e. The average molecular weight is 341 g/mol. The van der Waals surface area contributed by atoms with Crippen molar-refractivity contribution in [1.82, 2.24) is 0 Å². The zero-order valence-corrected chi connectivity index (χ0v) is 14.3. The Morgan fingerprint density at radius 1 is 0.960 bits per heavy atom. The van der Waals surface area contributed by atoms with Gasteiger partial charge in [0.25, 0.3) is 5.91 Å². The standard InChI is InChI=1S/C19H19NO5/c1-12-6-4-5-7-15(12)19(23)25-11-17(21)20-16-10-14(18(22)24-3)9-8-13(16)2/h4-10H,11H2,1-3H3,(H,20,21). The quantitative estimate of drug-likeness (QED) is 0.846. The van der Waals surface area contributed by atoms with Gasteiger partial charge >= 0.3 is 11.9 Å². The van der Waals surface area contributed by atoms with Gasteiger partial charge in [-0.2, -0.15) is 0 Å². The number of ether oxygens (including phenoxy) is 2. The number of amides is 1. The Labute approximate surface area is 145 Å². The van der Waals surface area contributed by atoms with Crippen LogP contribution in [0.2, 0.25) is 0 Å². The first-order chi connectivity index (χ1) is 11.9. The highest BCUT2D eigenvalue weighted by Crippen LogP contribution is 2.17. The van der Waals surface area contributed by atoms with Crippen molar-refractivity contribution in [2.45, 2.75) is 13.8 Å². The summed E-state index contributed by atoms with van der Waals surface area (Å²) in [5, 5.41) is 2.63. The van der Waals surface area contributed by atoms with E-state index in [1.807, 2.05) is 6.07 Å². The molecule has 0 aliphatic heterocycles. The highest BCUT2D eigenvalue weighted by Gasteiger charge is 2.14. The molecule has 0 atom stereocenters. The number of hydrogen-bond donors (Lipinski definition) is 1. The molecule has 0 aliphatic rings. The van der Waals surface area contributed by atoms with Crippen LogP contribution in [-0.4, -0.2) is 31.6 Å². The van der Waals surface area contributed by atoms with E-state index in [0.29, 0.717) is 16.8 Å². The van der Waals surface area contributed by atoms with Crippen LogP contribution in [0.1, 0.15) is 31.8 Å². The van der Waals surface area contributed by atoms with Crippen molar-refractivity contribution in [3.8, 4) is 0 Å². The van der Waals surface area contributed by atoms with Crippen molar-refractivity contribution >= 4 is 23.5 Å². The number of esters is 2. The fourth-order valence-electron chi connectivity index (χ4n) is 2.20. The Hall–Kier alpha value is -3.15. The summed E-state index contributed by atoms with van der Waals surface area (Å²) in [5.41, 5.74) is 2.74. The lowest BCUT2D eigenvalue weighted by Crippen LogP contribution is -2.22. The van der Waals surface area contributed by atoms with Crippen LogP contribution in [0.3, 0.4) is 0 Å². The molecule has 1 N–H and O–H groups in total. The fraction of sp³-hybridized carbons (Fsp3) is 0.211. The molecular weight excluding hydrogens is 322 g/mol. The van der Waals surface area contributed by atoms with Gasteiger partial charge in [-0.25, -0.2) is 9.59 Å². The first-order valence-corrected chi connectivity index (χ1v) is 7.64. The van der Waals surface area contributed by atoms with Crippen molar-refractivity contribution in [3.05, 3.63) is 64.7 Å².